The van der Waals surface area contributed by atoms with Gasteiger partial charge in [0.25, 0.3) is 0 Å². The van der Waals surface area contributed by atoms with E-state index in [0.717, 1.165) is 0 Å². The van der Waals surface area contributed by atoms with E-state index in [1.54, 1.807) is 26.0 Å². The maximum atomic E-state index is 12.6. The van der Waals surface area contributed by atoms with E-state index >= 15 is 0 Å². The number of nitrogens with zero attached hydrogens (tertiary/aromatic N) is 1. The van der Waals surface area contributed by atoms with Crippen LogP contribution in [0.3, 0.4) is 0 Å². The number of rotatable bonds is 10. The summed E-state index contributed by atoms with van der Waals surface area (Å²) in [6.45, 7) is 10.2. The molecule has 1 rings (SSSR count). The summed E-state index contributed by atoms with van der Waals surface area (Å²) in [7, 11) is -3.60. The number of hydrogen-bond acceptors (Lipinski definition) is 4. The van der Waals surface area contributed by atoms with Crippen molar-refractivity contribution in [2.75, 3.05) is 25.0 Å². The van der Waals surface area contributed by atoms with Gasteiger partial charge in [0.15, 0.2) is 0 Å². The highest BCUT2D eigenvalue weighted by Gasteiger charge is 2.23. The normalized spacial score (nSPS) is 11.3. The lowest BCUT2D eigenvalue weighted by molar-refractivity contribution is -0.116. The van der Waals surface area contributed by atoms with Crippen LogP contribution in [0, 0.1) is 0 Å². The second kappa shape index (κ2) is 9.44. The van der Waals surface area contributed by atoms with Gasteiger partial charge in [0, 0.05) is 19.5 Å². The SMILES string of the molecule is C=CCCC(=O)Nc1cc(S(=O)(=O)N(CC)CC)ccc1OCC. The maximum Gasteiger partial charge on any atom is 0.243 e. The molecule has 0 aliphatic rings. The number of carbonyl (C=O) groups excluding carboxylic acids is 1. The number of sulfonamides is 1. The van der Waals surface area contributed by atoms with Crippen LogP contribution in [-0.2, 0) is 14.8 Å². The van der Waals surface area contributed by atoms with Gasteiger partial charge in [-0.1, -0.05) is 19.9 Å². The van der Waals surface area contributed by atoms with Crippen molar-refractivity contribution < 1.29 is 17.9 Å². The molecular weight excluding hydrogens is 328 g/mol. The van der Waals surface area contributed by atoms with Crippen molar-refractivity contribution in [3.05, 3.63) is 30.9 Å². The third-order valence-electron chi connectivity index (χ3n) is 3.44. The van der Waals surface area contributed by atoms with Crippen molar-refractivity contribution in [1.29, 1.82) is 0 Å². The molecule has 7 heteroatoms. The fraction of sp³-hybridized carbons (Fsp3) is 0.471. The standard InChI is InChI=1S/C17H26N2O4S/c1-5-9-10-17(20)18-15-13-14(11-12-16(15)23-8-4)24(21,22)19(6-2)7-3/h5,11-13H,1,6-10H2,2-4H3,(H,18,20). The molecule has 1 amide bonds. The first kappa shape index (κ1) is 20.2. The van der Waals surface area contributed by atoms with E-state index in [4.69, 9.17) is 4.74 Å². The molecule has 6 nitrogen and oxygen atoms in total. The molecule has 0 spiro atoms. The van der Waals surface area contributed by atoms with Gasteiger partial charge in [0.2, 0.25) is 15.9 Å². The Morgan fingerprint density at radius 2 is 1.96 bits per heavy atom. The zero-order valence-electron chi connectivity index (χ0n) is 14.5. The Morgan fingerprint density at radius 1 is 1.29 bits per heavy atom. The van der Waals surface area contributed by atoms with Crippen molar-refractivity contribution in [3.63, 3.8) is 0 Å². The Labute approximate surface area is 144 Å². The van der Waals surface area contributed by atoms with Gasteiger partial charge < -0.3 is 10.1 Å². The molecule has 0 heterocycles. The number of ether oxygens (including phenoxy) is 1. The van der Waals surface area contributed by atoms with Gasteiger partial charge >= 0.3 is 0 Å². The van der Waals surface area contributed by atoms with Crippen LogP contribution in [0.1, 0.15) is 33.6 Å². The van der Waals surface area contributed by atoms with Crippen LogP contribution < -0.4 is 10.1 Å². The van der Waals surface area contributed by atoms with Crippen molar-refractivity contribution in [2.24, 2.45) is 0 Å². The number of hydrogen-bond donors (Lipinski definition) is 1. The van der Waals surface area contributed by atoms with Crippen LogP contribution in [-0.4, -0.2) is 38.3 Å². The van der Waals surface area contributed by atoms with Crippen LogP contribution >= 0.6 is 0 Å². The minimum absolute atomic E-state index is 0.133. The molecule has 1 aromatic rings. The summed E-state index contributed by atoms with van der Waals surface area (Å²) >= 11 is 0. The second-order valence-corrected chi connectivity index (χ2v) is 6.99. The summed E-state index contributed by atoms with van der Waals surface area (Å²) in [6, 6.07) is 4.52. The molecule has 0 saturated heterocycles. The Morgan fingerprint density at radius 3 is 2.50 bits per heavy atom. The molecule has 0 fully saturated rings. The van der Waals surface area contributed by atoms with E-state index in [2.05, 4.69) is 11.9 Å². The van der Waals surface area contributed by atoms with E-state index in [1.165, 1.54) is 16.4 Å². The van der Waals surface area contributed by atoms with Crippen LogP contribution in [0.4, 0.5) is 5.69 Å². The number of allylic oxidation sites excluding steroid dienone is 1. The lowest BCUT2D eigenvalue weighted by Crippen LogP contribution is -2.30. The monoisotopic (exact) mass is 354 g/mol. The lowest BCUT2D eigenvalue weighted by Gasteiger charge is -2.20. The first-order valence-electron chi connectivity index (χ1n) is 8.08. The predicted molar refractivity (Wildman–Crippen MR) is 95.8 cm³/mol. The third kappa shape index (κ3) is 5.07. The number of benzene rings is 1. The summed E-state index contributed by atoms with van der Waals surface area (Å²) in [6.07, 6.45) is 2.49. The second-order valence-electron chi connectivity index (χ2n) is 5.06. The fourth-order valence-corrected chi connectivity index (χ4v) is 3.69. The van der Waals surface area contributed by atoms with Crippen LogP contribution in [0.5, 0.6) is 5.75 Å². The molecule has 0 aliphatic carbocycles. The molecule has 0 aromatic heterocycles. The molecule has 0 atom stereocenters. The van der Waals surface area contributed by atoms with Gasteiger partial charge in [0.05, 0.1) is 17.2 Å². The third-order valence-corrected chi connectivity index (χ3v) is 5.49. The van der Waals surface area contributed by atoms with Gasteiger partial charge in [-0.25, -0.2) is 8.42 Å². The topological polar surface area (TPSA) is 75.7 Å². The lowest BCUT2D eigenvalue weighted by atomic mass is 10.2. The Bertz CT molecular complexity index is 667. The number of carbonyl (C=O) groups is 1. The van der Waals surface area contributed by atoms with Crippen LogP contribution in [0.15, 0.2) is 35.7 Å². The summed E-state index contributed by atoms with van der Waals surface area (Å²) in [4.78, 5) is 12.1. The van der Waals surface area contributed by atoms with E-state index in [0.29, 0.717) is 37.6 Å². The molecule has 24 heavy (non-hydrogen) atoms. The van der Waals surface area contributed by atoms with Crippen LogP contribution in [0.2, 0.25) is 0 Å². The van der Waals surface area contributed by atoms with Gasteiger partial charge in [-0.15, -0.1) is 6.58 Å². The minimum atomic E-state index is -3.60. The van der Waals surface area contributed by atoms with Crippen molar-refractivity contribution in [3.8, 4) is 5.75 Å². The quantitative estimate of drug-likeness (QED) is 0.655. The Hall–Kier alpha value is -1.86. The molecular formula is C17H26N2O4S. The van der Waals surface area contributed by atoms with Crippen LogP contribution in [0.25, 0.3) is 0 Å². The van der Waals surface area contributed by atoms with Crippen molar-refractivity contribution >= 4 is 21.6 Å². The predicted octanol–water partition coefficient (Wildman–Crippen LogP) is 3.02. The molecule has 1 N–H and O–H groups in total. The maximum absolute atomic E-state index is 12.6. The molecule has 0 radical (unpaired) electrons. The molecule has 1 aromatic carbocycles. The Kier molecular flexibility index (Phi) is 7.94. The number of anilines is 1. The number of nitrogens with one attached hydrogen (secondary N) is 1. The van der Waals surface area contributed by atoms with Gasteiger partial charge in [-0.2, -0.15) is 4.31 Å². The van der Waals surface area contributed by atoms with E-state index in [1.807, 2.05) is 6.92 Å². The first-order chi connectivity index (χ1) is 11.4. The summed E-state index contributed by atoms with van der Waals surface area (Å²) in [5, 5.41) is 2.72. The number of amides is 1. The Balaban J connectivity index is 3.20. The highest BCUT2D eigenvalue weighted by atomic mass is 32.2. The summed E-state index contributed by atoms with van der Waals surface area (Å²) in [5.41, 5.74) is 0.360. The highest BCUT2D eigenvalue weighted by molar-refractivity contribution is 7.89. The average Bonchev–Trinajstić information content (AvgIpc) is 2.55. The average molecular weight is 354 g/mol. The molecule has 0 saturated carbocycles. The smallest absolute Gasteiger partial charge is 0.243 e. The molecule has 0 bridgehead atoms. The van der Waals surface area contributed by atoms with Gasteiger partial charge in [-0.3, -0.25) is 4.79 Å². The van der Waals surface area contributed by atoms with Gasteiger partial charge in [0.1, 0.15) is 5.75 Å². The highest BCUT2D eigenvalue weighted by Crippen LogP contribution is 2.29. The summed E-state index contributed by atoms with van der Waals surface area (Å²) in [5.74, 6) is 0.233. The van der Waals surface area contributed by atoms with E-state index in [-0.39, 0.29) is 17.2 Å². The summed E-state index contributed by atoms with van der Waals surface area (Å²) < 4.78 is 32.1. The van der Waals surface area contributed by atoms with E-state index < -0.39 is 10.0 Å². The molecule has 134 valence electrons. The minimum Gasteiger partial charge on any atom is -0.492 e. The van der Waals surface area contributed by atoms with Gasteiger partial charge in [-0.05, 0) is 31.5 Å². The zero-order valence-corrected chi connectivity index (χ0v) is 15.4. The first-order valence-corrected chi connectivity index (χ1v) is 9.52. The largest absolute Gasteiger partial charge is 0.492 e. The molecule has 0 unspecified atom stereocenters. The zero-order chi connectivity index (χ0) is 18.2. The van der Waals surface area contributed by atoms with Crippen molar-refractivity contribution in [2.45, 2.75) is 38.5 Å². The van der Waals surface area contributed by atoms with Crippen molar-refractivity contribution in [1.82, 2.24) is 4.31 Å². The fourth-order valence-electron chi connectivity index (χ4n) is 2.21. The molecule has 0 aliphatic heterocycles. The van der Waals surface area contributed by atoms with E-state index in [9.17, 15) is 13.2 Å².